The van der Waals surface area contributed by atoms with Crippen LogP contribution in [0.25, 0.3) is 10.9 Å². The number of hydrogen-bond acceptors (Lipinski definition) is 5. The third-order valence-corrected chi connectivity index (χ3v) is 4.85. The lowest BCUT2D eigenvalue weighted by Gasteiger charge is -2.28. The Morgan fingerprint density at radius 3 is 2.79 bits per heavy atom. The molecule has 3 aromatic rings. The van der Waals surface area contributed by atoms with E-state index in [2.05, 4.69) is 0 Å². The van der Waals surface area contributed by atoms with E-state index in [0.717, 1.165) is 11.6 Å². The van der Waals surface area contributed by atoms with Crippen LogP contribution in [0.4, 0.5) is 4.39 Å². The van der Waals surface area contributed by atoms with Crippen LogP contribution in [0.5, 0.6) is 11.5 Å². The maximum Gasteiger partial charge on any atom is 0.343 e. The fourth-order valence-electron chi connectivity index (χ4n) is 3.42. The van der Waals surface area contributed by atoms with Gasteiger partial charge in [0.1, 0.15) is 18.8 Å². The maximum absolute atomic E-state index is 14.9. The quantitative estimate of drug-likeness (QED) is 0.612. The van der Waals surface area contributed by atoms with Crippen LogP contribution >= 0.6 is 0 Å². The van der Waals surface area contributed by atoms with E-state index < -0.39 is 17.2 Å². The average molecular weight is 397 g/mol. The summed E-state index contributed by atoms with van der Waals surface area (Å²) in [4.78, 5) is 25.1. The maximum atomic E-state index is 14.9. The molecule has 1 aliphatic heterocycles. The minimum Gasteiger partial charge on any atom is -0.485 e. The van der Waals surface area contributed by atoms with E-state index in [1.165, 1.54) is 6.20 Å². The van der Waals surface area contributed by atoms with Crippen LogP contribution in [0.2, 0.25) is 0 Å². The number of ether oxygens (including phenoxy) is 3. The second kappa shape index (κ2) is 7.58. The number of halogens is 1. The van der Waals surface area contributed by atoms with Gasteiger partial charge in [0.05, 0.1) is 23.6 Å². The lowest BCUT2D eigenvalue weighted by atomic mass is 10.1. The molecule has 29 heavy (non-hydrogen) atoms. The van der Waals surface area contributed by atoms with Gasteiger partial charge in [-0.3, -0.25) is 4.79 Å². The Labute approximate surface area is 166 Å². The number of aromatic nitrogens is 1. The summed E-state index contributed by atoms with van der Waals surface area (Å²) in [6, 6.07) is 10.3. The molecular weight excluding hydrogens is 377 g/mol. The topological polar surface area (TPSA) is 66.8 Å². The molecule has 0 spiro atoms. The molecule has 0 amide bonds. The van der Waals surface area contributed by atoms with Crippen molar-refractivity contribution in [3.8, 4) is 11.5 Å². The molecule has 1 aromatic heterocycles. The highest BCUT2D eigenvalue weighted by Crippen LogP contribution is 2.41. The van der Waals surface area contributed by atoms with Gasteiger partial charge in [-0.2, -0.15) is 0 Å². The molecule has 0 radical (unpaired) electrons. The molecule has 0 aliphatic carbocycles. The second-order valence-corrected chi connectivity index (χ2v) is 6.85. The van der Waals surface area contributed by atoms with Crippen molar-refractivity contribution in [2.45, 2.75) is 26.5 Å². The molecule has 6 nitrogen and oxygen atoms in total. The molecule has 2 heterocycles. The fourth-order valence-corrected chi connectivity index (χ4v) is 3.42. The van der Waals surface area contributed by atoms with Gasteiger partial charge in [-0.1, -0.05) is 30.3 Å². The van der Waals surface area contributed by atoms with Gasteiger partial charge in [-0.15, -0.1) is 0 Å². The Bertz CT molecular complexity index is 1140. The second-order valence-electron chi connectivity index (χ2n) is 6.85. The molecule has 4 rings (SSSR count). The van der Waals surface area contributed by atoms with E-state index in [4.69, 9.17) is 14.2 Å². The van der Waals surface area contributed by atoms with E-state index in [9.17, 15) is 14.0 Å². The molecule has 2 aromatic carbocycles. The molecule has 0 unspecified atom stereocenters. The monoisotopic (exact) mass is 397 g/mol. The van der Waals surface area contributed by atoms with Gasteiger partial charge in [0.25, 0.3) is 0 Å². The third-order valence-electron chi connectivity index (χ3n) is 4.85. The molecule has 7 heteroatoms. The number of esters is 1. The van der Waals surface area contributed by atoms with E-state index in [-0.39, 0.29) is 48.3 Å². The first kappa shape index (κ1) is 19.0. The fraction of sp³-hybridized carbons (Fsp3) is 0.273. The van der Waals surface area contributed by atoms with Crippen LogP contribution in [0.1, 0.15) is 35.8 Å². The van der Waals surface area contributed by atoms with Crippen molar-refractivity contribution in [3.63, 3.8) is 0 Å². The SMILES string of the molecule is CCOC(=O)c1cn2c3c(c(OCc4ccccc4)c(F)cc3c1=O)OC[C@H]2C. The van der Waals surface area contributed by atoms with E-state index in [0.29, 0.717) is 5.52 Å². The highest BCUT2D eigenvalue weighted by molar-refractivity contribution is 5.96. The number of pyridine rings is 1. The Balaban J connectivity index is 1.87. The molecule has 0 saturated heterocycles. The lowest BCUT2D eigenvalue weighted by molar-refractivity contribution is 0.0523. The van der Waals surface area contributed by atoms with E-state index >= 15 is 0 Å². The number of hydrogen-bond donors (Lipinski definition) is 0. The zero-order valence-corrected chi connectivity index (χ0v) is 16.1. The first-order valence-corrected chi connectivity index (χ1v) is 9.39. The molecule has 0 fully saturated rings. The van der Waals surface area contributed by atoms with Crippen molar-refractivity contribution >= 4 is 16.9 Å². The number of rotatable bonds is 5. The molecule has 0 bridgehead atoms. The first-order valence-electron chi connectivity index (χ1n) is 9.39. The van der Waals surface area contributed by atoms with Crippen LogP contribution in [0, 0.1) is 5.82 Å². The predicted octanol–water partition coefficient (Wildman–Crippen LogP) is 3.85. The molecular formula is C22H20FNO5. The molecule has 150 valence electrons. The predicted molar refractivity (Wildman–Crippen MR) is 105 cm³/mol. The van der Waals surface area contributed by atoms with Crippen LogP contribution in [-0.2, 0) is 11.3 Å². The van der Waals surface area contributed by atoms with Gasteiger partial charge in [0.15, 0.2) is 17.3 Å². The first-order chi connectivity index (χ1) is 14.0. The van der Waals surface area contributed by atoms with E-state index in [1.54, 1.807) is 11.5 Å². The van der Waals surface area contributed by atoms with Crippen LogP contribution in [-0.4, -0.2) is 23.8 Å². The Hall–Kier alpha value is -3.35. The Kier molecular flexibility index (Phi) is 4.96. The summed E-state index contributed by atoms with van der Waals surface area (Å²) in [7, 11) is 0. The minimum atomic E-state index is -0.729. The molecule has 0 saturated carbocycles. The number of carbonyl (C=O) groups excluding carboxylic acids is 1. The third kappa shape index (κ3) is 3.33. The van der Waals surface area contributed by atoms with Crippen molar-refractivity contribution in [2.24, 2.45) is 0 Å². The van der Waals surface area contributed by atoms with Gasteiger partial charge < -0.3 is 18.8 Å². The lowest BCUT2D eigenvalue weighted by Crippen LogP contribution is -2.27. The Morgan fingerprint density at radius 2 is 2.07 bits per heavy atom. The summed E-state index contributed by atoms with van der Waals surface area (Å²) in [6.45, 7) is 4.08. The summed E-state index contributed by atoms with van der Waals surface area (Å²) in [5.74, 6) is -1.33. The van der Waals surface area contributed by atoms with E-state index in [1.807, 2.05) is 37.3 Å². The van der Waals surface area contributed by atoms with Crippen molar-refractivity contribution in [3.05, 3.63) is 69.8 Å². The Morgan fingerprint density at radius 1 is 1.31 bits per heavy atom. The van der Waals surface area contributed by atoms with Gasteiger partial charge in [0.2, 0.25) is 5.43 Å². The minimum absolute atomic E-state index is 0.0507. The van der Waals surface area contributed by atoms with Gasteiger partial charge in [-0.05, 0) is 25.5 Å². The number of benzene rings is 2. The normalized spacial score (nSPS) is 15.1. The van der Waals surface area contributed by atoms with Gasteiger partial charge >= 0.3 is 5.97 Å². The number of nitrogens with zero attached hydrogens (tertiary/aromatic N) is 1. The summed E-state index contributed by atoms with van der Waals surface area (Å²) in [5, 5.41) is 0.0571. The smallest absolute Gasteiger partial charge is 0.343 e. The number of carbonyl (C=O) groups is 1. The van der Waals surface area contributed by atoms with Crippen LogP contribution in [0.15, 0.2) is 47.4 Å². The summed E-state index contributed by atoms with van der Waals surface area (Å²) in [6.07, 6.45) is 1.46. The van der Waals surface area contributed by atoms with Crippen molar-refractivity contribution < 1.29 is 23.4 Å². The largest absolute Gasteiger partial charge is 0.485 e. The summed E-state index contributed by atoms with van der Waals surface area (Å²) < 4.78 is 33.1. The highest BCUT2D eigenvalue weighted by atomic mass is 19.1. The average Bonchev–Trinajstić information content (AvgIpc) is 2.72. The van der Waals surface area contributed by atoms with Crippen LogP contribution < -0.4 is 14.9 Å². The van der Waals surface area contributed by atoms with Gasteiger partial charge in [0, 0.05) is 6.20 Å². The zero-order valence-electron chi connectivity index (χ0n) is 16.1. The van der Waals surface area contributed by atoms with Crippen molar-refractivity contribution in [2.75, 3.05) is 13.2 Å². The standard InChI is InChI=1S/C22H20FNO5/c1-3-27-22(26)16-10-24-13(2)11-28-21-18(24)15(19(16)25)9-17(23)20(21)29-12-14-7-5-4-6-8-14/h4-10,13H,3,11-12H2,1-2H3/t13-/m1/s1. The molecule has 1 atom stereocenters. The molecule has 1 aliphatic rings. The van der Waals surface area contributed by atoms with Gasteiger partial charge in [-0.25, -0.2) is 9.18 Å². The van der Waals surface area contributed by atoms with Crippen LogP contribution in [0.3, 0.4) is 0 Å². The highest BCUT2D eigenvalue weighted by Gasteiger charge is 2.29. The summed E-state index contributed by atoms with van der Waals surface area (Å²) in [5.41, 5.74) is 0.559. The van der Waals surface area contributed by atoms with Crippen molar-refractivity contribution in [1.82, 2.24) is 4.57 Å². The van der Waals surface area contributed by atoms with Crippen molar-refractivity contribution in [1.29, 1.82) is 0 Å². The zero-order chi connectivity index (χ0) is 20.5. The summed E-state index contributed by atoms with van der Waals surface area (Å²) >= 11 is 0. The molecule has 0 N–H and O–H groups in total.